The summed E-state index contributed by atoms with van der Waals surface area (Å²) < 4.78 is 0. The van der Waals surface area contributed by atoms with Gasteiger partial charge >= 0.3 is 0 Å². The molecule has 5 rings (SSSR count). The maximum Gasteiger partial charge on any atom is 0.269 e. The fourth-order valence-electron chi connectivity index (χ4n) is 7.10. The molecule has 8 nitrogen and oxygen atoms in total. The number of likely N-dealkylation sites (N-methyl/N-ethyl adjacent to an activating group) is 2. The average molecular weight is 601 g/mol. The molecule has 1 unspecified atom stereocenters. The first kappa shape index (κ1) is 30.3. The van der Waals surface area contributed by atoms with Crippen LogP contribution in [-0.2, 0) is 10.8 Å². The van der Waals surface area contributed by atoms with E-state index in [0.717, 1.165) is 63.6 Å². The molecular weight excluding hydrogens is 564 g/mol. The third-order valence-corrected chi connectivity index (χ3v) is 10.2. The summed E-state index contributed by atoms with van der Waals surface area (Å²) >= 11 is 7.04. The summed E-state index contributed by atoms with van der Waals surface area (Å²) in [7, 11) is 3.98. The normalized spacial score (nSPS) is 24.2. The van der Waals surface area contributed by atoms with Gasteiger partial charge in [-0.2, -0.15) is 0 Å². The largest absolute Gasteiger partial charge is 0.361 e. The van der Waals surface area contributed by atoms with Crippen LogP contribution in [0.15, 0.2) is 95.2 Å². The molecule has 43 heavy (non-hydrogen) atoms. The number of allylic oxidation sites excluding steroid dienone is 7. The number of hydrogen-bond acceptors (Lipinski definition) is 6. The van der Waals surface area contributed by atoms with E-state index < -0.39 is 16.4 Å². The Kier molecular flexibility index (Phi) is 7.41. The standard InChI is InChI=1S/C34H37ClN4O4/c1-8-34(33(4,5)27-21-25(39(42)43)14-16-29(27)37(34)7)19-18-23-11-9-10-22(31(23)35)12-17-30-32(2,3)26-20-24(38(40)41)13-15-28(26)36(30)6/h8,12-21H,1,9-11H2,2-7H3/b19-18+,22-12+,30-17+. The van der Waals surface area contributed by atoms with Crippen LogP contribution in [0.1, 0.15) is 58.1 Å². The smallest absolute Gasteiger partial charge is 0.269 e. The van der Waals surface area contributed by atoms with Crippen LogP contribution >= 0.6 is 11.6 Å². The van der Waals surface area contributed by atoms with Crippen molar-refractivity contribution < 1.29 is 9.85 Å². The Bertz CT molecular complexity index is 1680. The second-order valence-corrected chi connectivity index (χ2v) is 13.0. The van der Waals surface area contributed by atoms with E-state index in [9.17, 15) is 20.2 Å². The number of nitro benzene ring substituents is 2. The molecular formula is C34H37ClN4O4. The fourth-order valence-corrected chi connectivity index (χ4v) is 7.41. The van der Waals surface area contributed by atoms with Gasteiger partial charge in [0.15, 0.2) is 0 Å². The lowest BCUT2D eigenvalue weighted by Gasteiger charge is -2.42. The lowest BCUT2D eigenvalue weighted by molar-refractivity contribution is -0.385. The van der Waals surface area contributed by atoms with Crippen LogP contribution in [0.2, 0.25) is 0 Å². The van der Waals surface area contributed by atoms with Gasteiger partial charge in [-0.15, -0.1) is 6.58 Å². The van der Waals surface area contributed by atoms with Crippen LogP contribution in [-0.4, -0.2) is 29.5 Å². The Balaban J connectivity index is 1.49. The van der Waals surface area contributed by atoms with E-state index >= 15 is 0 Å². The second kappa shape index (κ2) is 10.5. The summed E-state index contributed by atoms with van der Waals surface area (Å²) in [6.45, 7) is 12.5. The van der Waals surface area contributed by atoms with Crippen LogP contribution < -0.4 is 9.80 Å². The van der Waals surface area contributed by atoms with Crippen molar-refractivity contribution in [3.8, 4) is 0 Å². The highest BCUT2D eigenvalue weighted by atomic mass is 35.5. The Hall–Kier alpha value is -4.17. The highest BCUT2D eigenvalue weighted by molar-refractivity contribution is 6.32. The molecule has 2 aromatic rings. The summed E-state index contributed by atoms with van der Waals surface area (Å²) in [5.41, 5.74) is 5.45. The molecule has 2 aliphatic heterocycles. The van der Waals surface area contributed by atoms with E-state index in [1.807, 2.05) is 32.3 Å². The summed E-state index contributed by atoms with van der Waals surface area (Å²) in [6, 6.07) is 10.1. The van der Waals surface area contributed by atoms with Gasteiger partial charge < -0.3 is 9.80 Å². The number of non-ortho nitro benzene ring substituents is 2. The summed E-state index contributed by atoms with van der Waals surface area (Å²) in [5, 5.41) is 23.6. The first-order valence-electron chi connectivity index (χ1n) is 14.4. The number of anilines is 2. The minimum absolute atomic E-state index is 0.0726. The summed E-state index contributed by atoms with van der Waals surface area (Å²) in [4.78, 5) is 26.4. The number of rotatable bonds is 6. The zero-order chi connectivity index (χ0) is 31.5. The number of fused-ring (bicyclic) bond motifs is 2. The van der Waals surface area contributed by atoms with Crippen LogP contribution in [0.4, 0.5) is 22.7 Å². The fraction of sp³-hybridized carbons (Fsp3) is 0.353. The van der Waals surface area contributed by atoms with E-state index in [2.05, 4.69) is 68.4 Å². The van der Waals surface area contributed by atoms with Gasteiger partial charge in [0.1, 0.15) is 0 Å². The molecule has 9 heteroatoms. The molecule has 0 aromatic heterocycles. The number of benzene rings is 2. The van der Waals surface area contributed by atoms with Crippen molar-refractivity contribution in [1.29, 1.82) is 0 Å². The lowest BCUT2D eigenvalue weighted by atomic mass is 9.69. The second-order valence-electron chi connectivity index (χ2n) is 12.6. The van der Waals surface area contributed by atoms with E-state index in [-0.39, 0.29) is 21.2 Å². The SMILES string of the molecule is C=CC1(/C=C/C2=C(Cl)C(=C/C=C3/N(C)c4ccc([N+](=O)[O-])cc4C3(C)C)/CCC2)N(C)c2ccc([N+](=O)[O-])cc2C1(C)C. The minimum Gasteiger partial charge on any atom is -0.361 e. The van der Waals surface area contributed by atoms with E-state index in [1.54, 1.807) is 24.3 Å². The highest BCUT2D eigenvalue weighted by Gasteiger charge is 2.52. The van der Waals surface area contributed by atoms with Gasteiger partial charge in [-0.25, -0.2) is 0 Å². The first-order valence-corrected chi connectivity index (χ1v) is 14.7. The van der Waals surface area contributed by atoms with Gasteiger partial charge in [0.05, 0.1) is 15.4 Å². The molecule has 0 saturated heterocycles. The van der Waals surface area contributed by atoms with E-state index in [4.69, 9.17) is 11.6 Å². The van der Waals surface area contributed by atoms with Crippen molar-refractivity contribution >= 4 is 34.4 Å². The van der Waals surface area contributed by atoms with Gasteiger partial charge in [0.25, 0.3) is 11.4 Å². The Morgan fingerprint density at radius 2 is 1.51 bits per heavy atom. The molecule has 0 fully saturated rings. The van der Waals surface area contributed by atoms with Crippen molar-refractivity contribution in [1.82, 2.24) is 0 Å². The van der Waals surface area contributed by atoms with Crippen LogP contribution in [0.3, 0.4) is 0 Å². The molecule has 0 radical (unpaired) electrons. The molecule has 0 bridgehead atoms. The number of hydrogen-bond donors (Lipinski definition) is 0. The topological polar surface area (TPSA) is 92.8 Å². The molecule has 2 aromatic carbocycles. The van der Waals surface area contributed by atoms with Gasteiger partial charge in [0, 0.05) is 71.3 Å². The van der Waals surface area contributed by atoms with Gasteiger partial charge in [-0.3, -0.25) is 20.2 Å². The monoisotopic (exact) mass is 600 g/mol. The molecule has 0 saturated carbocycles. The van der Waals surface area contributed by atoms with Crippen molar-refractivity contribution in [3.05, 3.63) is 127 Å². The molecule has 1 aliphatic carbocycles. The number of nitrogens with zero attached hydrogens (tertiary/aromatic N) is 4. The van der Waals surface area contributed by atoms with Crippen LogP contribution in [0.25, 0.3) is 0 Å². The predicted molar refractivity (Wildman–Crippen MR) is 174 cm³/mol. The number of nitro groups is 2. The highest BCUT2D eigenvalue weighted by Crippen LogP contribution is 2.53. The minimum atomic E-state index is -0.622. The van der Waals surface area contributed by atoms with Crippen molar-refractivity contribution in [3.63, 3.8) is 0 Å². The number of halogens is 1. The maximum atomic E-state index is 11.5. The van der Waals surface area contributed by atoms with Crippen molar-refractivity contribution in [2.24, 2.45) is 0 Å². The molecule has 0 N–H and O–H groups in total. The molecule has 1 atom stereocenters. The third kappa shape index (κ3) is 4.59. The third-order valence-electron chi connectivity index (χ3n) is 9.76. The van der Waals surface area contributed by atoms with Crippen LogP contribution in [0.5, 0.6) is 0 Å². The summed E-state index contributed by atoms with van der Waals surface area (Å²) in [6.07, 6.45) is 12.9. The molecule has 224 valence electrons. The van der Waals surface area contributed by atoms with Crippen molar-refractivity contribution in [2.45, 2.75) is 63.3 Å². The molecule has 0 amide bonds. The van der Waals surface area contributed by atoms with E-state index in [0.29, 0.717) is 0 Å². The van der Waals surface area contributed by atoms with E-state index in [1.165, 1.54) is 0 Å². The summed E-state index contributed by atoms with van der Waals surface area (Å²) in [5.74, 6) is 0. The van der Waals surface area contributed by atoms with Crippen LogP contribution in [0, 0.1) is 20.2 Å². The average Bonchev–Trinajstić information content (AvgIpc) is 3.26. The first-order chi connectivity index (χ1) is 20.2. The predicted octanol–water partition coefficient (Wildman–Crippen LogP) is 8.63. The van der Waals surface area contributed by atoms with Gasteiger partial charge in [-0.05, 0) is 59.7 Å². The lowest BCUT2D eigenvalue weighted by Crippen LogP contribution is -2.51. The van der Waals surface area contributed by atoms with Gasteiger partial charge in [0.2, 0.25) is 0 Å². The molecule has 3 aliphatic rings. The quantitative estimate of drug-likeness (QED) is 0.187. The maximum absolute atomic E-state index is 11.5. The van der Waals surface area contributed by atoms with Gasteiger partial charge in [-0.1, -0.05) is 63.6 Å². The Labute approximate surface area is 257 Å². The Morgan fingerprint density at radius 1 is 0.907 bits per heavy atom. The van der Waals surface area contributed by atoms with Crippen molar-refractivity contribution in [2.75, 3.05) is 23.9 Å². The zero-order valence-corrected chi connectivity index (χ0v) is 26.2. The molecule has 0 spiro atoms. The zero-order valence-electron chi connectivity index (χ0n) is 25.5. The molecule has 2 heterocycles. The Morgan fingerprint density at radius 3 is 2.12 bits per heavy atom.